The molecule has 1 N–H and O–H groups in total. The van der Waals surface area contributed by atoms with E-state index in [4.69, 9.17) is 27.9 Å². The molecule has 1 saturated heterocycles. The molecule has 1 unspecified atom stereocenters. The lowest BCUT2D eigenvalue weighted by atomic mass is 9.97. The monoisotopic (exact) mass is 538 g/mol. The van der Waals surface area contributed by atoms with E-state index >= 15 is 0 Å². The van der Waals surface area contributed by atoms with Crippen molar-refractivity contribution in [2.75, 3.05) is 50.2 Å². The van der Waals surface area contributed by atoms with Crippen LogP contribution in [-0.4, -0.2) is 65.6 Å². The van der Waals surface area contributed by atoms with Crippen molar-refractivity contribution in [1.82, 2.24) is 19.8 Å². The number of ether oxygens (including phenoxy) is 1. The maximum absolute atomic E-state index is 13.1. The summed E-state index contributed by atoms with van der Waals surface area (Å²) < 4.78 is 5.81. The van der Waals surface area contributed by atoms with E-state index < -0.39 is 0 Å². The van der Waals surface area contributed by atoms with E-state index in [1.807, 2.05) is 0 Å². The number of carbonyl (C=O) groups excluding carboxylic acids is 1. The first-order chi connectivity index (χ1) is 17.9. The molecular weight excluding hydrogens is 511 g/mol. The van der Waals surface area contributed by atoms with Crippen molar-refractivity contribution in [2.24, 2.45) is 5.92 Å². The van der Waals surface area contributed by atoms with Gasteiger partial charge in [-0.05, 0) is 67.7 Å². The molecule has 2 aromatic carbocycles. The molecule has 0 aliphatic carbocycles. The van der Waals surface area contributed by atoms with Gasteiger partial charge in [-0.3, -0.25) is 14.6 Å². The van der Waals surface area contributed by atoms with Crippen LogP contribution in [0.3, 0.4) is 0 Å². The van der Waals surface area contributed by atoms with Gasteiger partial charge in [-0.1, -0.05) is 35.3 Å². The topological polar surface area (TPSA) is 73.8 Å². The Morgan fingerprint density at radius 1 is 1.14 bits per heavy atom. The Balaban J connectivity index is 1.16. The lowest BCUT2D eigenvalue weighted by Crippen LogP contribution is -2.39. The maximum atomic E-state index is 13.1. The summed E-state index contributed by atoms with van der Waals surface area (Å²) in [5, 5.41) is 4.02. The Kier molecular flexibility index (Phi) is 6.67. The summed E-state index contributed by atoms with van der Waals surface area (Å²) in [6, 6.07) is 11.5. The summed E-state index contributed by atoms with van der Waals surface area (Å²) in [5.74, 6) is 1.04. The number of para-hydroxylation sites is 1. The fraction of sp³-hybridized carbons (Fsp3) is 0.370. The average Bonchev–Trinajstić information content (AvgIpc) is 3.29. The van der Waals surface area contributed by atoms with E-state index in [0.29, 0.717) is 21.7 Å². The molecule has 37 heavy (non-hydrogen) atoms. The Morgan fingerprint density at radius 2 is 1.97 bits per heavy atom. The molecule has 1 aromatic heterocycles. The summed E-state index contributed by atoms with van der Waals surface area (Å²) in [7, 11) is 2.21. The number of carbonyl (C=O) groups is 1. The summed E-state index contributed by atoms with van der Waals surface area (Å²) in [6.45, 7) is 5.55. The number of hydrogen-bond donors (Lipinski definition) is 1. The number of anilines is 3. The maximum Gasteiger partial charge on any atom is 0.268 e. The summed E-state index contributed by atoms with van der Waals surface area (Å²) in [6.07, 6.45) is 3.82. The van der Waals surface area contributed by atoms with Crippen LogP contribution in [0, 0.1) is 5.92 Å². The predicted octanol–water partition coefficient (Wildman–Crippen LogP) is 4.83. The van der Waals surface area contributed by atoms with Crippen molar-refractivity contribution in [3.8, 4) is 5.88 Å². The zero-order valence-corrected chi connectivity index (χ0v) is 22.1. The lowest BCUT2D eigenvalue weighted by molar-refractivity contribution is 0.0932. The molecule has 1 fully saturated rings. The smallest absolute Gasteiger partial charge is 0.268 e. The minimum Gasteiger partial charge on any atom is -0.455 e. The van der Waals surface area contributed by atoms with Crippen LogP contribution in [-0.2, 0) is 13.0 Å². The molecule has 10 heteroatoms. The lowest BCUT2D eigenvalue weighted by Gasteiger charge is -2.31. The Bertz CT molecular complexity index is 1330. The molecule has 1 atom stereocenters. The second kappa shape index (κ2) is 10.1. The molecule has 0 bridgehead atoms. The van der Waals surface area contributed by atoms with Gasteiger partial charge >= 0.3 is 0 Å². The fourth-order valence-corrected chi connectivity index (χ4v) is 6.05. The number of fused-ring (bicyclic) bond motifs is 2. The van der Waals surface area contributed by atoms with Gasteiger partial charge < -0.3 is 15.0 Å². The van der Waals surface area contributed by atoms with Crippen LogP contribution in [0.25, 0.3) is 0 Å². The van der Waals surface area contributed by atoms with Crippen LogP contribution in [0.1, 0.15) is 27.9 Å². The fourth-order valence-electron chi connectivity index (χ4n) is 5.44. The molecule has 3 aliphatic rings. The van der Waals surface area contributed by atoms with Gasteiger partial charge in [0, 0.05) is 38.1 Å². The number of halogens is 2. The number of amides is 1. The van der Waals surface area contributed by atoms with E-state index in [1.54, 1.807) is 18.2 Å². The molecule has 6 rings (SSSR count). The number of nitrogens with one attached hydrogen (secondary N) is 1. The first kappa shape index (κ1) is 24.4. The molecular formula is C27H28Cl2N6O2. The number of nitrogens with zero attached hydrogens (tertiary/aromatic N) is 5. The van der Waals surface area contributed by atoms with Crippen LogP contribution >= 0.6 is 23.2 Å². The summed E-state index contributed by atoms with van der Waals surface area (Å²) in [5.41, 5.74) is 4.30. The van der Waals surface area contributed by atoms with E-state index in [1.165, 1.54) is 41.7 Å². The standard InChI is InChI=1S/C27H28Cl2N6O2/c1-33-9-7-17(13-33)14-34-10-8-18-5-6-20(11-19(18)15-34)31-27-30-12-21-25(32-27)37-16-35(26(21)36)24-22(28)3-2-4-23(24)29/h2-6,11-12,17H,7-10,13-16H2,1H3,(H,30,31,32). The van der Waals surface area contributed by atoms with E-state index in [0.717, 1.165) is 37.7 Å². The van der Waals surface area contributed by atoms with E-state index in [-0.39, 0.29) is 24.1 Å². The van der Waals surface area contributed by atoms with Gasteiger partial charge in [0.15, 0.2) is 6.73 Å². The number of benzene rings is 2. The molecule has 0 radical (unpaired) electrons. The van der Waals surface area contributed by atoms with Gasteiger partial charge in [-0.25, -0.2) is 4.98 Å². The van der Waals surface area contributed by atoms with Crippen molar-refractivity contribution in [3.05, 3.63) is 69.3 Å². The third-order valence-electron chi connectivity index (χ3n) is 7.33. The molecule has 3 aromatic rings. The Labute approximate surface area is 226 Å². The normalized spacial score (nSPS) is 19.9. The summed E-state index contributed by atoms with van der Waals surface area (Å²) in [4.78, 5) is 28.4. The van der Waals surface area contributed by atoms with Crippen molar-refractivity contribution >= 4 is 46.4 Å². The number of likely N-dealkylation sites (tertiary alicyclic amines) is 1. The minimum atomic E-state index is -0.315. The van der Waals surface area contributed by atoms with Gasteiger partial charge in [-0.15, -0.1) is 0 Å². The van der Waals surface area contributed by atoms with E-state index in [9.17, 15) is 4.79 Å². The molecule has 3 aliphatic heterocycles. The van der Waals surface area contributed by atoms with E-state index in [2.05, 4.69) is 50.3 Å². The average molecular weight is 539 g/mol. The second-order valence-corrected chi connectivity index (χ2v) is 10.8. The predicted molar refractivity (Wildman–Crippen MR) is 145 cm³/mol. The van der Waals surface area contributed by atoms with Gasteiger partial charge in [-0.2, -0.15) is 4.98 Å². The van der Waals surface area contributed by atoms with Crippen molar-refractivity contribution in [2.45, 2.75) is 19.4 Å². The molecule has 192 valence electrons. The highest BCUT2D eigenvalue weighted by atomic mass is 35.5. The van der Waals surface area contributed by atoms with Crippen LogP contribution in [0.4, 0.5) is 17.3 Å². The van der Waals surface area contributed by atoms with Crippen molar-refractivity contribution in [3.63, 3.8) is 0 Å². The number of aromatic nitrogens is 2. The van der Waals surface area contributed by atoms with Gasteiger partial charge in [0.1, 0.15) is 5.56 Å². The quantitative estimate of drug-likeness (QED) is 0.498. The van der Waals surface area contributed by atoms with Gasteiger partial charge in [0.25, 0.3) is 5.91 Å². The largest absolute Gasteiger partial charge is 0.455 e. The molecule has 1 amide bonds. The highest BCUT2D eigenvalue weighted by Gasteiger charge is 2.31. The van der Waals surface area contributed by atoms with Gasteiger partial charge in [0.2, 0.25) is 11.8 Å². The number of rotatable bonds is 5. The Hall–Kier alpha value is -2.91. The summed E-state index contributed by atoms with van der Waals surface area (Å²) >= 11 is 12.6. The second-order valence-electron chi connectivity index (χ2n) is 10.00. The third-order valence-corrected chi connectivity index (χ3v) is 7.94. The highest BCUT2D eigenvalue weighted by molar-refractivity contribution is 6.40. The highest BCUT2D eigenvalue weighted by Crippen LogP contribution is 2.37. The van der Waals surface area contributed by atoms with Crippen LogP contribution in [0.2, 0.25) is 10.0 Å². The SMILES string of the molecule is CN1CCC(CN2CCc3ccc(Nc4ncc5c(n4)OCN(c4c(Cl)cccc4Cl)C5=O)cc3C2)C1. The van der Waals surface area contributed by atoms with Crippen LogP contribution < -0.4 is 15.0 Å². The zero-order chi connectivity index (χ0) is 25.5. The zero-order valence-electron chi connectivity index (χ0n) is 20.6. The molecule has 0 spiro atoms. The Morgan fingerprint density at radius 3 is 2.76 bits per heavy atom. The molecule has 0 saturated carbocycles. The molecule has 4 heterocycles. The first-order valence-electron chi connectivity index (χ1n) is 12.5. The van der Waals surface area contributed by atoms with Gasteiger partial charge in [0.05, 0.1) is 15.7 Å². The first-order valence-corrected chi connectivity index (χ1v) is 13.3. The minimum absolute atomic E-state index is 0.0444. The third kappa shape index (κ3) is 4.99. The van der Waals surface area contributed by atoms with Crippen LogP contribution in [0.15, 0.2) is 42.6 Å². The number of hydrogen-bond acceptors (Lipinski definition) is 7. The molecule has 8 nitrogen and oxygen atoms in total. The van der Waals surface area contributed by atoms with Crippen molar-refractivity contribution in [1.29, 1.82) is 0 Å². The van der Waals surface area contributed by atoms with Crippen LogP contribution in [0.5, 0.6) is 5.88 Å². The van der Waals surface area contributed by atoms with Crippen molar-refractivity contribution < 1.29 is 9.53 Å².